The summed E-state index contributed by atoms with van der Waals surface area (Å²) in [5.41, 5.74) is 1.96. The highest BCUT2D eigenvalue weighted by molar-refractivity contribution is 5.57. The lowest BCUT2D eigenvalue weighted by molar-refractivity contribution is 0.230. The van der Waals surface area contributed by atoms with Crippen molar-refractivity contribution < 1.29 is 4.74 Å². The molecule has 4 heteroatoms. The van der Waals surface area contributed by atoms with Gasteiger partial charge in [0.25, 0.3) is 0 Å². The normalized spacial score (nSPS) is 10.0. The van der Waals surface area contributed by atoms with Crippen LogP contribution < -0.4 is 0 Å². The van der Waals surface area contributed by atoms with Crippen LogP contribution in [-0.2, 0) is 10.2 Å². The number of allylic oxidation sites excluding steroid dienone is 2. The number of methoxy groups -OCH3 is 1. The quantitative estimate of drug-likeness (QED) is 0.793. The number of nitriles is 3. The summed E-state index contributed by atoms with van der Waals surface area (Å²) >= 11 is 0. The average Bonchev–Trinajstić information content (AvgIpc) is 2.45. The van der Waals surface area contributed by atoms with Gasteiger partial charge in [0.1, 0.15) is 17.9 Å². The number of benzene rings is 1. The molecular weight excluding hydrogens is 262 g/mol. The van der Waals surface area contributed by atoms with Gasteiger partial charge in [0, 0.05) is 5.41 Å². The molecule has 0 bridgehead atoms. The van der Waals surface area contributed by atoms with Gasteiger partial charge < -0.3 is 4.74 Å². The van der Waals surface area contributed by atoms with Crippen LogP contribution in [0.1, 0.15) is 49.9 Å². The fourth-order valence-electron chi connectivity index (χ4n) is 2.60. The molecule has 0 aliphatic rings. The average molecular weight is 279 g/mol. The van der Waals surface area contributed by atoms with Crippen molar-refractivity contribution in [2.75, 3.05) is 7.11 Å². The minimum absolute atomic E-state index is 0.213. The Balaban J connectivity index is 3.73. The monoisotopic (exact) mass is 279 g/mol. The summed E-state index contributed by atoms with van der Waals surface area (Å²) in [6.45, 7) is 7.73. The maximum atomic E-state index is 9.36. The lowest BCUT2D eigenvalue weighted by atomic mass is 9.77. The summed E-state index contributed by atoms with van der Waals surface area (Å²) in [4.78, 5) is 0. The van der Waals surface area contributed by atoms with E-state index < -0.39 is 5.41 Å². The molecule has 0 radical (unpaired) electrons. The van der Waals surface area contributed by atoms with Gasteiger partial charge in [-0.2, -0.15) is 15.8 Å². The van der Waals surface area contributed by atoms with Gasteiger partial charge in [0.05, 0.1) is 29.9 Å². The predicted molar refractivity (Wildman–Crippen MR) is 79.0 cm³/mol. The molecule has 0 saturated carbocycles. The molecule has 0 heterocycles. The lowest BCUT2D eigenvalue weighted by Gasteiger charge is -2.30. The van der Waals surface area contributed by atoms with E-state index in [0.29, 0.717) is 11.1 Å². The first kappa shape index (κ1) is 16.3. The van der Waals surface area contributed by atoms with Crippen molar-refractivity contribution in [1.82, 2.24) is 0 Å². The molecule has 0 aromatic heterocycles. The summed E-state index contributed by atoms with van der Waals surface area (Å²) in [7, 11) is 1.59. The number of rotatable bonds is 3. The Morgan fingerprint density at radius 2 is 1.43 bits per heavy atom. The van der Waals surface area contributed by atoms with Gasteiger partial charge in [-0.3, -0.25) is 0 Å². The summed E-state index contributed by atoms with van der Waals surface area (Å²) < 4.78 is 5.48. The third-order valence-electron chi connectivity index (χ3n) is 3.42. The molecular formula is C17H17N3O. The van der Waals surface area contributed by atoms with Crippen LogP contribution in [0.2, 0.25) is 0 Å². The predicted octanol–water partition coefficient (Wildman–Crippen LogP) is 3.52. The maximum absolute atomic E-state index is 9.36. The van der Waals surface area contributed by atoms with Crippen LogP contribution in [0.3, 0.4) is 0 Å². The lowest BCUT2D eigenvalue weighted by Crippen LogP contribution is -2.24. The second-order valence-corrected chi connectivity index (χ2v) is 5.44. The fraction of sp³-hybridized carbons (Fsp3) is 0.353. The minimum Gasteiger partial charge on any atom is -0.500 e. The van der Waals surface area contributed by atoms with E-state index >= 15 is 0 Å². The topological polar surface area (TPSA) is 80.6 Å². The van der Waals surface area contributed by atoms with Gasteiger partial charge in [-0.1, -0.05) is 0 Å². The molecule has 1 aromatic rings. The van der Waals surface area contributed by atoms with E-state index in [0.717, 1.165) is 11.3 Å². The second kappa shape index (κ2) is 6.12. The first-order chi connectivity index (χ1) is 9.83. The van der Waals surface area contributed by atoms with E-state index in [-0.39, 0.29) is 11.1 Å². The molecule has 0 atom stereocenters. The highest BCUT2D eigenvalue weighted by Gasteiger charge is 2.31. The zero-order valence-electron chi connectivity index (χ0n) is 12.9. The number of hydrogen-bond donors (Lipinski definition) is 0. The summed E-state index contributed by atoms with van der Waals surface area (Å²) in [5, 5.41) is 27.6. The Hall–Kier alpha value is -2.77. The Morgan fingerprint density at radius 3 is 1.81 bits per heavy atom. The summed E-state index contributed by atoms with van der Waals surface area (Å²) in [6, 6.07) is 9.14. The molecule has 4 nitrogen and oxygen atoms in total. The van der Waals surface area contributed by atoms with Crippen LogP contribution in [0, 0.1) is 34.0 Å². The third-order valence-corrected chi connectivity index (χ3v) is 3.42. The molecule has 0 N–H and O–H groups in total. The van der Waals surface area contributed by atoms with Crippen molar-refractivity contribution in [1.29, 1.82) is 15.8 Å². The van der Waals surface area contributed by atoms with Crippen LogP contribution in [-0.4, -0.2) is 7.11 Å². The van der Waals surface area contributed by atoms with Gasteiger partial charge in [-0.25, -0.2) is 0 Å². The van der Waals surface area contributed by atoms with E-state index in [9.17, 15) is 10.5 Å². The van der Waals surface area contributed by atoms with Crippen molar-refractivity contribution in [3.8, 4) is 18.2 Å². The zero-order chi connectivity index (χ0) is 16.2. The van der Waals surface area contributed by atoms with Crippen molar-refractivity contribution in [3.63, 3.8) is 0 Å². The van der Waals surface area contributed by atoms with E-state index in [1.165, 1.54) is 6.07 Å². The molecule has 0 aliphatic heterocycles. The first-order valence-corrected chi connectivity index (χ1v) is 6.44. The SMILES string of the molecule is COC(=C(C)C)C(C)(C)c1cc(C#N)c(C#N)cc1C#N. The van der Waals surface area contributed by atoms with Crippen LogP contribution >= 0.6 is 0 Å². The van der Waals surface area contributed by atoms with Crippen molar-refractivity contribution >= 4 is 0 Å². The minimum atomic E-state index is -0.571. The third kappa shape index (κ3) is 2.88. The molecule has 0 aliphatic carbocycles. The Kier molecular flexibility index (Phi) is 4.75. The fourth-order valence-corrected chi connectivity index (χ4v) is 2.60. The molecule has 106 valence electrons. The van der Waals surface area contributed by atoms with Crippen molar-refractivity contribution in [2.45, 2.75) is 33.1 Å². The van der Waals surface area contributed by atoms with Crippen LogP contribution in [0.5, 0.6) is 0 Å². The number of nitrogens with zero attached hydrogens (tertiary/aromatic N) is 3. The van der Waals surface area contributed by atoms with Crippen molar-refractivity contribution in [2.24, 2.45) is 0 Å². The van der Waals surface area contributed by atoms with Crippen LogP contribution in [0.25, 0.3) is 0 Å². The number of hydrogen-bond acceptors (Lipinski definition) is 4. The van der Waals surface area contributed by atoms with E-state index in [1.807, 2.05) is 39.8 Å². The molecule has 1 aromatic carbocycles. The zero-order valence-corrected chi connectivity index (χ0v) is 12.9. The van der Waals surface area contributed by atoms with Crippen LogP contribution in [0.4, 0.5) is 0 Å². The molecule has 21 heavy (non-hydrogen) atoms. The Morgan fingerprint density at radius 1 is 0.952 bits per heavy atom. The van der Waals surface area contributed by atoms with Gasteiger partial charge in [-0.05, 0) is 51.0 Å². The molecule has 0 fully saturated rings. The van der Waals surface area contributed by atoms with Crippen molar-refractivity contribution in [3.05, 3.63) is 45.7 Å². The highest BCUT2D eigenvalue weighted by atomic mass is 16.5. The van der Waals surface area contributed by atoms with Gasteiger partial charge in [-0.15, -0.1) is 0 Å². The maximum Gasteiger partial charge on any atom is 0.104 e. The van der Waals surface area contributed by atoms with Gasteiger partial charge >= 0.3 is 0 Å². The van der Waals surface area contributed by atoms with E-state index in [2.05, 4.69) is 6.07 Å². The highest BCUT2D eigenvalue weighted by Crippen LogP contribution is 2.36. The second-order valence-electron chi connectivity index (χ2n) is 5.44. The van der Waals surface area contributed by atoms with Gasteiger partial charge in [0.15, 0.2) is 0 Å². The largest absolute Gasteiger partial charge is 0.500 e. The standard InChI is InChI=1S/C17H17N3O/c1-11(2)16(21-5)17(3,4)15-7-13(9-19)12(8-18)6-14(15)10-20/h6-7H,1-5H3. The van der Waals surface area contributed by atoms with E-state index in [1.54, 1.807) is 13.2 Å². The van der Waals surface area contributed by atoms with E-state index in [4.69, 9.17) is 10.00 Å². The van der Waals surface area contributed by atoms with Gasteiger partial charge in [0.2, 0.25) is 0 Å². The molecule has 0 spiro atoms. The molecule has 0 unspecified atom stereocenters. The molecule has 0 amide bonds. The molecule has 0 saturated heterocycles. The Labute approximate surface area is 125 Å². The molecule has 1 rings (SSSR count). The first-order valence-electron chi connectivity index (χ1n) is 6.44. The summed E-state index contributed by atoms with van der Waals surface area (Å²) in [5.74, 6) is 0.743. The smallest absolute Gasteiger partial charge is 0.104 e. The summed E-state index contributed by atoms with van der Waals surface area (Å²) in [6.07, 6.45) is 0. The Bertz CT molecular complexity index is 718. The van der Waals surface area contributed by atoms with Crippen LogP contribution in [0.15, 0.2) is 23.5 Å². The number of ether oxygens (including phenoxy) is 1.